The van der Waals surface area contributed by atoms with E-state index < -0.39 is 20.2 Å². The van der Waals surface area contributed by atoms with Crippen LogP contribution in [0.5, 0.6) is 0 Å². The number of hydrogen-bond donors (Lipinski definition) is 2. The van der Waals surface area contributed by atoms with Crippen molar-refractivity contribution in [3.63, 3.8) is 0 Å². The third kappa shape index (κ3) is 166. The molecule has 17 heavy (non-hydrogen) atoms. The zero-order valence-corrected chi connectivity index (χ0v) is 15.2. The Bertz CT molecular complexity index is 285. The third-order valence-corrected chi connectivity index (χ3v) is 5.73. The van der Waals surface area contributed by atoms with E-state index in [0.717, 1.165) is 0 Å². The van der Waals surface area contributed by atoms with E-state index in [1.165, 1.54) is 12.8 Å². The Balaban J connectivity index is -0.000000177. The van der Waals surface area contributed by atoms with Gasteiger partial charge in [0.15, 0.2) is 0 Å². The minimum Gasteiger partial charge on any atom is -0.286 e. The van der Waals surface area contributed by atoms with Gasteiger partial charge in [-0.3, -0.25) is 9.11 Å². The molecular weight excluding hydrogens is 375 g/mol. The summed E-state index contributed by atoms with van der Waals surface area (Å²) in [5.41, 5.74) is 0. The maximum atomic E-state index is 9.19. The van der Waals surface area contributed by atoms with Gasteiger partial charge in [0.1, 0.15) is 0 Å². The normalized spacial score (nSPS) is 10.7. The van der Waals surface area contributed by atoms with E-state index >= 15 is 0 Å². The molecule has 0 aliphatic carbocycles. The van der Waals surface area contributed by atoms with E-state index in [4.69, 9.17) is 9.11 Å². The summed E-state index contributed by atoms with van der Waals surface area (Å²) in [5.74, 6) is 0. The maximum absolute atomic E-state index is 9.19. The minimum atomic E-state index is -3.67. The van der Waals surface area contributed by atoms with E-state index in [1.807, 2.05) is 0 Å². The summed E-state index contributed by atoms with van der Waals surface area (Å²) >= 11 is 0.181. The van der Waals surface area contributed by atoms with Crippen molar-refractivity contribution in [1.29, 1.82) is 0 Å². The van der Waals surface area contributed by atoms with Crippen LogP contribution in [0.4, 0.5) is 0 Å². The molecule has 2 radical (unpaired) electrons. The van der Waals surface area contributed by atoms with Gasteiger partial charge in [0.2, 0.25) is 0 Å². The Morgan fingerprint density at radius 1 is 0.824 bits per heavy atom. The predicted molar refractivity (Wildman–Crippen MR) is 70.9 cm³/mol. The standard InChI is InChI=1S/2C3H7.2CH4O3S.Sn/c2*1-3-2;2*1-5(2,3)4;/h2*1,3H2,2H3;2*1H3,(H,2,3,4);. The van der Waals surface area contributed by atoms with E-state index in [2.05, 4.69) is 13.8 Å². The molecule has 0 aromatic heterocycles. The Morgan fingerprint density at radius 2 is 1.00 bits per heavy atom. The molecule has 0 atom stereocenters. The van der Waals surface area contributed by atoms with Crippen LogP contribution in [0, 0.1) is 0 Å². The van der Waals surface area contributed by atoms with Crippen molar-refractivity contribution < 1.29 is 25.9 Å². The van der Waals surface area contributed by atoms with Crippen LogP contribution in [0.3, 0.4) is 0 Å². The monoisotopic (exact) mass is 398 g/mol. The first-order valence-electron chi connectivity index (χ1n) is 4.97. The first-order valence-corrected chi connectivity index (χ1v) is 12.7. The molecule has 0 unspecified atom stereocenters. The fraction of sp³-hybridized carbons (Fsp3) is 1.00. The van der Waals surface area contributed by atoms with Gasteiger partial charge in [-0.25, -0.2) is 0 Å². The second kappa shape index (κ2) is 13.1. The molecule has 0 aromatic carbocycles. The SMILES string of the molecule is CC[CH2][Sn][CH2]CC.CS(=O)(=O)O.CS(=O)(=O)O. The fourth-order valence-electron chi connectivity index (χ4n) is 0.479. The molecule has 0 aliphatic rings. The molecule has 0 saturated heterocycles. The third-order valence-electron chi connectivity index (χ3n) is 0.854. The first-order chi connectivity index (χ1) is 7.41. The molecule has 0 aliphatic heterocycles. The molecular formula is C8H22O6S2Sn. The molecule has 0 rings (SSSR count). The van der Waals surface area contributed by atoms with Crippen LogP contribution in [-0.2, 0) is 20.2 Å². The van der Waals surface area contributed by atoms with E-state index in [9.17, 15) is 16.8 Å². The zero-order valence-electron chi connectivity index (χ0n) is 10.7. The quantitative estimate of drug-likeness (QED) is 0.421. The second-order valence-electron chi connectivity index (χ2n) is 3.22. The molecule has 0 aromatic rings. The molecule has 0 amide bonds. The van der Waals surface area contributed by atoms with Crippen molar-refractivity contribution in [2.24, 2.45) is 0 Å². The zero-order chi connectivity index (χ0) is 14.5. The van der Waals surface area contributed by atoms with E-state index in [-0.39, 0.29) is 21.1 Å². The average Bonchev–Trinajstić information content (AvgIpc) is 1.99. The average molecular weight is 397 g/mol. The summed E-state index contributed by atoms with van der Waals surface area (Å²) in [5, 5.41) is 0. The smallest absolute Gasteiger partial charge is 0.261 e. The van der Waals surface area contributed by atoms with E-state index in [0.29, 0.717) is 12.5 Å². The Hall–Kier alpha value is 0.619. The summed E-state index contributed by atoms with van der Waals surface area (Å²) in [6.07, 6.45) is 4.30. The first kappa shape index (κ1) is 22.8. The fourth-order valence-corrected chi connectivity index (χ4v) is 3.21. The number of hydrogen-bond acceptors (Lipinski definition) is 4. The molecule has 0 fully saturated rings. The van der Waals surface area contributed by atoms with Crippen molar-refractivity contribution in [2.45, 2.75) is 35.6 Å². The summed E-state index contributed by atoms with van der Waals surface area (Å²) in [7, 11) is -7.33. The summed E-state index contributed by atoms with van der Waals surface area (Å²) in [4.78, 5) is 0. The van der Waals surface area contributed by atoms with Crippen molar-refractivity contribution in [3.8, 4) is 0 Å². The van der Waals surface area contributed by atoms with Gasteiger partial charge < -0.3 is 0 Å². The van der Waals surface area contributed by atoms with Crippen LogP contribution in [0.2, 0.25) is 8.87 Å². The summed E-state index contributed by atoms with van der Waals surface area (Å²) < 4.78 is 54.9. The molecule has 0 saturated carbocycles. The van der Waals surface area contributed by atoms with Crippen molar-refractivity contribution in [3.05, 3.63) is 0 Å². The van der Waals surface area contributed by atoms with Gasteiger partial charge in [-0.1, -0.05) is 0 Å². The molecule has 2 N–H and O–H groups in total. The minimum absolute atomic E-state index is 0.181. The van der Waals surface area contributed by atoms with Gasteiger partial charge >= 0.3 is 56.7 Å². The second-order valence-corrected chi connectivity index (χ2v) is 10.4. The topological polar surface area (TPSA) is 109 Å². The molecule has 0 heterocycles. The summed E-state index contributed by atoms with van der Waals surface area (Å²) in [6, 6.07) is 0. The Labute approximate surface area is 115 Å². The summed E-state index contributed by atoms with van der Waals surface area (Å²) in [6.45, 7) is 4.58. The maximum Gasteiger partial charge on any atom is 0.261 e. The number of rotatable bonds is 4. The Morgan fingerprint density at radius 3 is 1.12 bits per heavy atom. The van der Waals surface area contributed by atoms with Crippen LogP contribution in [0.15, 0.2) is 0 Å². The molecule has 0 spiro atoms. The molecule has 0 bridgehead atoms. The van der Waals surface area contributed by atoms with Gasteiger partial charge in [0.25, 0.3) is 20.2 Å². The van der Waals surface area contributed by atoms with Crippen molar-refractivity contribution >= 4 is 41.4 Å². The van der Waals surface area contributed by atoms with Gasteiger partial charge in [0.05, 0.1) is 12.5 Å². The van der Waals surface area contributed by atoms with Gasteiger partial charge in [-0.15, -0.1) is 0 Å². The van der Waals surface area contributed by atoms with Crippen LogP contribution in [-0.4, -0.2) is 59.6 Å². The molecule has 106 valence electrons. The van der Waals surface area contributed by atoms with Crippen molar-refractivity contribution in [2.75, 3.05) is 12.5 Å². The molecule has 9 heteroatoms. The van der Waals surface area contributed by atoms with E-state index in [1.54, 1.807) is 8.87 Å². The largest absolute Gasteiger partial charge is 0.286 e. The van der Waals surface area contributed by atoms with Crippen LogP contribution >= 0.6 is 0 Å². The van der Waals surface area contributed by atoms with Crippen molar-refractivity contribution in [1.82, 2.24) is 0 Å². The van der Waals surface area contributed by atoms with Gasteiger partial charge in [-0.05, 0) is 0 Å². The van der Waals surface area contributed by atoms with Crippen LogP contribution < -0.4 is 0 Å². The van der Waals surface area contributed by atoms with Gasteiger partial charge in [-0.2, -0.15) is 16.8 Å². The van der Waals surface area contributed by atoms with Crippen LogP contribution in [0.25, 0.3) is 0 Å². The molecule has 6 nitrogen and oxygen atoms in total. The van der Waals surface area contributed by atoms with Crippen LogP contribution in [0.1, 0.15) is 26.7 Å². The Kier molecular flexibility index (Phi) is 17.5. The predicted octanol–water partition coefficient (Wildman–Crippen LogP) is 1.36. The van der Waals surface area contributed by atoms with Gasteiger partial charge in [0, 0.05) is 0 Å².